The van der Waals surface area contributed by atoms with Gasteiger partial charge in [0, 0.05) is 24.8 Å². The minimum Gasteiger partial charge on any atom is -0.426 e. The van der Waals surface area contributed by atoms with E-state index in [0.29, 0.717) is 30.3 Å². The average molecular weight is 508 g/mol. The van der Waals surface area contributed by atoms with E-state index in [1.165, 1.54) is 7.11 Å². The third kappa shape index (κ3) is 5.26. The summed E-state index contributed by atoms with van der Waals surface area (Å²) in [6.45, 7) is 7.35. The van der Waals surface area contributed by atoms with Crippen molar-refractivity contribution in [2.75, 3.05) is 26.9 Å². The predicted octanol–water partition coefficient (Wildman–Crippen LogP) is 4.71. The third-order valence-corrected chi connectivity index (χ3v) is 6.75. The smallest absolute Gasteiger partial charge is 0.337 e. The topological polar surface area (TPSA) is 73.9 Å². The fraction of sp³-hybridized carbons (Fsp3) is 0.600. The standard InChI is InChI=1S/C25H34BrNO5/c1-5-10-31-14-17-8-7-9-25(13-17)23(32-20(28)15-30-4)22(24(29)27-25)21-16(3)11-19(26)12-18(21)6-2/h11-12,17H,5-10,13-15H2,1-4H3,(H,27,29)/t17-,25?/m1/s1. The normalized spacial score (nSPS) is 23.0. The lowest BCUT2D eigenvalue weighted by atomic mass is 9.74. The van der Waals surface area contributed by atoms with E-state index >= 15 is 0 Å². The highest BCUT2D eigenvalue weighted by Crippen LogP contribution is 2.46. The lowest BCUT2D eigenvalue weighted by Crippen LogP contribution is -2.49. The zero-order chi connectivity index (χ0) is 23.3. The molecule has 1 aliphatic heterocycles. The van der Waals surface area contributed by atoms with Crippen molar-refractivity contribution in [3.8, 4) is 0 Å². The molecule has 3 rings (SSSR count). The van der Waals surface area contributed by atoms with Crippen LogP contribution in [-0.2, 0) is 30.2 Å². The molecule has 2 aliphatic rings. The molecule has 1 fully saturated rings. The van der Waals surface area contributed by atoms with E-state index in [0.717, 1.165) is 59.9 Å². The van der Waals surface area contributed by atoms with Gasteiger partial charge < -0.3 is 19.5 Å². The molecule has 1 spiro atoms. The van der Waals surface area contributed by atoms with Crippen LogP contribution in [0.2, 0.25) is 0 Å². The maximum absolute atomic E-state index is 13.4. The van der Waals surface area contributed by atoms with E-state index in [1.54, 1.807) is 0 Å². The van der Waals surface area contributed by atoms with Crippen LogP contribution in [0.4, 0.5) is 0 Å². The van der Waals surface area contributed by atoms with Crippen molar-refractivity contribution >= 4 is 33.4 Å². The molecular weight excluding hydrogens is 474 g/mol. The molecule has 0 aromatic heterocycles. The summed E-state index contributed by atoms with van der Waals surface area (Å²) in [5.74, 6) is 0.0705. The quantitative estimate of drug-likeness (QED) is 0.387. The molecule has 0 bridgehead atoms. The lowest BCUT2D eigenvalue weighted by Gasteiger charge is -2.39. The Morgan fingerprint density at radius 2 is 2.09 bits per heavy atom. The number of ether oxygens (including phenoxy) is 3. The lowest BCUT2D eigenvalue weighted by molar-refractivity contribution is -0.145. The number of hydrogen-bond acceptors (Lipinski definition) is 5. The first-order chi connectivity index (χ1) is 15.3. The molecule has 1 N–H and O–H groups in total. The molecule has 1 amide bonds. The van der Waals surface area contributed by atoms with Gasteiger partial charge in [-0.25, -0.2) is 4.79 Å². The van der Waals surface area contributed by atoms with Crippen LogP contribution in [0.1, 0.15) is 62.6 Å². The number of carbonyl (C=O) groups excluding carboxylic acids is 2. The van der Waals surface area contributed by atoms with Crippen molar-refractivity contribution in [2.45, 2.75) is 64.8 Å². The zero-order valence-electron chi connectivity index (χ0n) is 19.5. The van der Waals surface area contributed by atoms with Gasteiger partial charge in [0.1, 0.15) is 12.4 Å². The van der Waals surface area contributed by atoms with Crippen molar-refractivity contribution < 1.29 is 23.8 Å². The van der Waals surface area contributed by atoms with E-state index in [4.69, 9.17) is 14.2 Å². The molecule has 6 nitrogen and oxygen atoms in total. The third-order valence-electron chi connectivity index (χ3n) is 6.29. The first kappa shape index (κ1) is 24.9. The van der Waals surface area contributed by atoms with Crippen molar-refractivity contribution in [2.24, 2.45) is 5.92 Å². The van der Waals surface area contributed by atoms with Gasteiger partial charge in [0.2, 0.25) is 0 Å². The number of carbonyl (C=O) groups is 2. The molecule has 1 aromatic carbocycles. The fourth-order valence-electron chi connectivity index (χ4n) is 5.01. The van der Waals surface area contributed by atoms with E-state index in [-0.39, 0.29) is 12.5 Å². The molecule has 1 aromatic rings. The number of halogens is 1. The monoisotopic (exact) mass is 507 g/mol. The maximum atomic E-state index is 13.4. The first-order valence-electron chi connectivity index (χ1n) is 11.5. The molecule has 176 valence electrons. The molecule has 1 heterocycles. The summed E-state index contributed by atoms with van der Waals surface area (Å²) in [5.41, 5.74) is 2.65. The molecule has 7 heteroatoms. The largest absolute Gasteiger partial charge is 0.426 e. The van der Waals surface area contributed by atoms with Gasteiger partial charge >= 0.3 is 5.97 Å². The van der Waals surface area contributed by atoms with Gasteiger partial charge in [0.05, 0.1) is 11.1 Å². The molecule has 1 aliphatic carbocycles. The highest BCUT2D eigenvalue weighted by molar-refractivity contribution is 9.10. The van der Waals surface area contributed by atoms with E-state index in [2.05, 4.69) is 35.1 Å². The van der Waals surface area contributed by atoms with Gasteiger partial charge in [-0.05, 0) is 73.8 Å². The molecule has 32 heavy (non-hydrogen) atoms. The summed E-state index contributed by atoms with van der Waals surface area (Å²) in [4.78, 5) is 26.0. The van der Waals surface area contributed by atoms with Crippen molar-refractivity contribution in [1.82, 2.24) is 5.32 Å². The van der Waals surface area contributed by atoms with Crippen molar-refractivity contribution in [3.05, 3.63) is 39.1 Å². The minimum absolute atomic E-state index is 0.163. The number of methoxy groups -OCH3 is 1. The second kappa shape index (κ2) is 10.9. The summed E-state index contributed by atoms with van der Waals surface area (Å²) < 4.78 is 17.7. The zero-order valence-corrected chi connectivity index (χ0v) is 21.1. The van der Waals surface area contributed by atoms with Crippen LogP contribution in [0.5, 0.6) is 0 Å². The minimum atomic E-state index is -0.696. The van der Waals surface area contributed by atoms with Crippen LogP contribution in [0.3, 0.4) is 0 Å². The summed E-state index contributed by atoms with van der Waals surface area (Å²) in [5, 5.41) is 3.23. The summed E-state index contributed by atoms with van der Waals surface area (Å²) in [7, 11) is 1.46. The molecule has 1 unspecified atom stereocenters. The van der Waals surface area contributed by atoms with Crippen molar-refractivity contribution in [3.63, 3.8) is 0 Å². The number of nitrogens with one attached hydrogen (secondary N) is 1. The van der Waals surface area contributed by atoms with Gasteiger partial charge in [-0.3, -0.25) is 4.79 Å². The average Bonchev–Trinajstić information content (AvgIpc) is 2.98. The Morgan fingerprint density at radius 1 is 1.31 bits per heavy atom. The molecular formula is C25H34BrNO5. The Hall–Kier alpha value is -1.70. The molecule has 1 saturated carbocycles. The maximum Gasteiger partial charge on any atom is 0.337 e. The number of esters is 1. The predicted molar refractivity (Wildman–Crippen MR) is 127 cm³/mol. The Kier molecular flexibility index (Phi) is 8.53. The van der Waals surface area contributed by atoms with E-state index < -0.39 is 11.5 Å². The van der Waals surface area contributed by atoms with E-state index in [1.807, 2.05) is 19.1 Å². The van der Waals surface area contributed by atoms with Crippen LogP contribution >= 0.6 is 15.9 Å². The second-order valence-corrected chi connectivity index (χ2v) is 9.71. The van der Waals surface area contributed by atoms with Gasteiger partial charge in [-0.2, -0.15) is 0 Å². The highest BCUT2D eigenvalue weighted by Gasteiger charge is 2.51. The van der Waals surface area contributed by atoms with Crippen molar-refractivity contribution in [1.29, 1.82) is 0 Å². The van der Waals surface area contributed by atoms with Crippen LogP contribution in [0.25, 0.3) is 5.57 Å². The summed E-state index contributed by atoms with van der Waals surface area (Å²) in [6.07, 6.45) is 5.12. The van der Waals surface area contributed by atoms with Crippen LogP contribution < -0.4 is 5.32 Å². The Balaban J connectivity index is 2.09. The van der Waals surface area contributed by atoms with Gasteiger partial charge in [0.25, 0.3) is 5.91 Å². The number of rotatable bonds is 9. The van der Waals surface area contributed by atoms with Crippen LogP contribution in [0, 0.1) is 12.8 Å². The van der Waals surface area contributed by atoms with Gasteiger partial charge in [-0.15, -0.1) is 0 Å². The molecule has 0 saturated heterocycles. The molecule has 2 atom stereocenters. The Bertz CT molecular complexity index is 897. The Labute approximate surface area is 199 Å². The van der Waals surface area contributed by atoms with Gasteiger partial charge in [-0.1, -0.05) is 36.2 Å². The van der Waals surface area contributed by atoms with E-state index in [9.17, 15) is 9.59 Å². The second-order valence-electron chi connectivity index (χ2n) is 8.80. The summed E-state index contributed by atoms with van der Waals surface area (Å²) >= 11 is 3.56. The number of aryl methyl sites for hydroxylation is 2. The highest BCUT2D eigenvalue weighted by atomic mass is 79.9. The Morgan fingerprint density at radius 3 is 2.78 bits per heavy atom. The number of hydrogen-bond donors (Lipinski definition) is 1. The first-order valence-corrected chi connectivity index (χ1v) is 12.3. The fourth-order valence-corrected chi connectivity index (χ4v) is 5.63. The summed E-state index contributed by atoms with van der Waals surface area (Å²) in [6, 6.07) is 4.03. The number of benzene rings is 1. The van der Waals surface area contributed by atoms with Crippen LogP contribution in [-0.4, -0.2) is 44.3 Å². The molecule has 0 radical (unpaired) electrons. The SMILES string of the molecule is CCCOC[C@@H]1CCCC2(C1)NC(=O)C(c1c(C)cc(Br)cc1CC)=C2OC(=O)COC. The van der Waals surface area contributed by atoms with Crippen LogP contribution in [0.15, 0.2) is 22.4 Å². The number of amides is 1. The van der Waals surface area contributed by atoms with Gasteiger partial charge in [0.15, 0.2) is 0 Å².